The molecule has 1 aromatic rings. The summed E-state index contributed by atoms with van der Waals surface area (Å²) in [4.78, 5) is 14.1. The molecular weight excluding hydrogens is 313 g/mol. The lowest BCUT2D eigenvalue weighted by Gasteiger charge is -2.26. The van der Waals surface area contributed by atoms with Gasteiger partial charge in [0.25, 0.3) is 0 Å². The van der Waals surface area contributed by atoms with Gasteiger partial charge in [-0.1, -0.05) is 23.2 Å². The Morgan fingerprint density at radius 2 is 2.05 bits per heavy atom. The van der Waals surface area contributed by atoms with Crippen LogP contribution >= 0.6 is 23.2 Å². The maximum Gasteiger partial charge on any atom is 0.319 e. The van der Waals surface area contributed by atoms with Crippen LogP contribution in [0.25, 0.3) is 0 Å². The van der Waals surface area contributed by atoms with Crippen LogP contribution in [0.4, 0.5) is 10.5 Å². The quantitative estimate of drug-likeness (QED) is 0.816. The molecule has 0 bridgehead atoms. The fourth-order valence-electron chi connectivity index (χ4n) is 2.09. The summed E-state index contributed by atoms with van der Waals surface area (Å²) in [5.41, 5.74) is 0.548. The van der Waals surface area contributed by atoms with Crippen molar-refractivity contribution in [2.75, 3.05) is 44.7 Å². The van der Waals surface area contributed by atoms with Crippen molar-refractivity contribution in [1.82, 2.24) is 10.2 Å². The Hall–Kier alpha value is -1.01. The van der Waals surface area contributed by atoms with Crippen molar-refractivity contribution in [3.63, 3.8) is 0 Å². The zero-order chi connectivity index (χ0) is 15.1. The van der Waals surface area contributed by atoms with Crippen LogP contribution in [0.1, 0.15) is 6.42 Å². The Balaban J connectivity index is 1.65. The Morgan fingerprint density at radius 3 is 2.76 bits per heavy atom. The molecule has 1 aromatic carbocycles. The lowest BCUT2D eigenvalue weighted by atomic mass is 10.3. The first-order valence-corrected chi connectivity index (χ1v) is 7.71. The number of halogens is 2. The van der Waals surface area contributed by atoms with Gasteiger partial charge in [-0.15, -0.1) is 0 Å². The van der Waals surface area contributed by atoms with E-state index in [0.29, 0.717) is 22.3 Å². The van der Waals surface area contributed by atoms with Gasteiger partial charge in [0.15, 0.2) is 0 Å². The highest BCUT2D eigenvalue weighted by Gasteiger charge is 2.10. The second kappa shape index (κ2) is 8.44. The van der Waals surface area contributed by atoms with Crippen LogP contribution in [0.2, 0.25) is 10.0 Å². The van der Waals surface area contributed by atoms with Gasteiger partial charge in [-0.2, -0.15) is 0 Å². The minimum Gasteiger partial charge on any atom is -0.379 e. The Morgan fingerprint density at radius 1 is 1.29 bits per heavy atom. The Labute approximate surface area is 134 Å². The second-order valence-electron chi connectivity index (χ2n) is 4.81. The zero-order valence-electron chi connectivity index (χ0n) is 11.7. The molecule has 7 heteroatoms. The van der Waals surface area contributed by atoms with E-state index in [4.69, 9.17) is 27.9 Å². The smallest absolute Gasteiger partial charge is 0.319 e. The fourth-order valence-corrected chi connectivity index (χ4v) is 2.54. The van der Waals surface area contributed by atoms with E-state index >= 15 is 0 Å². The molecule has 1 aliphatic heterocycles. The molecule has 0 atom stereocenters. The summed E-state index contributed by atoms with van der Waals surface area (Å²) in [6, 6.07) is 4.69. The van der Waals surface area contributed by atoms with Gasteiger partial charge < -0.3 is 15.4 Å². The molecule has 2 amide bonds. The van der Waals surface area contributed by atoms with Crippen molar-refractivity contribution in [2.24, 2.45) is 0 Å². The van der Waals surface area contributed by atoms with Crippen LogP contribution < -0.4 is 10.6 Å². The average molecular weight is 332 g/mol. The van der Waals surface area contributed by atoms with E-state index in [0.717, 1.165) is 39.3 Å². The third kappa shape index (κ3) is 5.71. The largest absolute Gasteiger partial charge is 0.379 e. The number of morpholine rings is 1. The lowest BCUT2D eigenvalue weighted by Crippen LogP contribution is -2.38. The van der Waals surface area contributed by atoms with Crippen molar-refractivity contribution in [3.05, 3.63) is 28.2 Å². The monoisotopic (exact) mass is 331 g/mol. The molecule has 21 heavy (non-hydrogen) atoms. The first-order chi connectivity index (χ1) is 10.1. The summed E-state index contributed by atoms with van der Waals surface area (Å²) < 4.78 is 5.29. The Bertz CT molecular complexity index is 479. The molecule has 5 nitrogen and oxygen atoms in total. The zero-order valence-corrected chi connectivity index (χ0v) is 13.2. The number of benzene rings is 1. The number of ether oxygens (including phenoxy) is 1. The number of nitrogens with zero attached hydrogens (tertiary/aromatic N) is 1. The van der Waals surface area contributed by atoms with Gasteiger partial charge >= 0.3 is 6.03 Å². The summed E-state index contributed by atoms with van der Waals surface area (Å²) in [6.45, 7) is 5.10. The molecule has 0 aromatic heterocycles. The molecule has 0 saturated carbocycles. The fraction of sp³-hybridized carbons (Fsp3) is 0.500. The van der Waals surface area contributed by atoms with Gasteiger partial charge in [-0.25, -0.2) is 4.79 Å². The predicted octanol–water partition coefficient (Wildman–Crippen LogP) is 2.84. The highest BCUT2D eigenvalue weighted by molar-refractivity contribution is 6.36. The number of carbonyl (C=O) groups excluding carboxylic acids is 1. The maximum absolute atomic E-state index is 11.8. The molecular formula is C14H19Cl2N3O2. The van der Waals surface area contributed by atoms with Crippen molar-refractivity contribution >= 4 is 34.9 Å². The maximum atomic E-state index is 11.8. The van der Waals surface area contributed by atoms with Gasteiger partial charge in [0.05, 0.1) is 23.9 Å². The van der Waals surface area contributed by atoms with Gasteiger partial charge in [0, 0.05) is 24.7 Å². The summed E-state index contributed by atoms with van der Waals surface area (Å²) in [6.07, 6.45) is 0.905. The van der Waals surface area contributed by atoms with Crippen LogP contribution in [0, 0.1) is 0 Å². The van der Waals surface area contributed by atoms with Crippen molar-refractivity contribution < 1.29 is 9.53 Å². The number of amides is 2. The first kappa shape index (κ1) is 16.4. The number of carbonyl (C=O) groups is 1. The highest BCUT2D eigenvalue weighted by atomic mass is 35.5. The number of hydrogen-bond acceptors (Lipinski definition) is 3. The SMILES string of the molecule is O=C(NCCCN1CCOCC1)Nc1ccc(Cl)cc1Cl. The van der Waals surface area contributed by atoms with Gasteiger partial charge in [0.2, 0.25) is 0 Å². The minimum absolute atomic E-state index is 0.263. The van der Waals surface area contributed by atoms with Gasteiger partial charge in [-0.05, 0) is 31.2 Å². The highest BCUT2D eigenvalue weighted by Crippen LogP contribution is 2.25. The summed E-state index contributed by atoms with van der Waals surface area (Å²) in [5, 5.41) is 6.48. The topological polar surface area (TPSA) is 53.6 Å². The molecule has 1 aliphatic rings. The summed E-state index contributed by atoms with van der Waals surface area (Å²) in [7, 11) is 0. The normalized spacial score (nSPS) is 15.7. The van der Waals surface area contributed by atoms with Crippen LogP contribution in [-0.2, 0) is 4.74 Å². The number of hydrogen-bond donors (Lipinski definition) is 2. The van der Waals surface area contributed by atoms with E-state index in [2.05, 4.69) is 15.5 Å². The molecule has 0 spiro atoms. The standard InChI is InChI=1S/C14H19Cl2N3O2/c15-11-2-3-13(12(16)10-11)18-14(20)17-4-1-5-19-6-8-21-9-7-19/h2-3,10H,1,4-9H2,(H2,17,18,20). The molecule has 0 radical (unpaired) electrons. The van der Waals surface area contributed by atoms with Crippen molar-refractivity contribution in [3.8, 4) is 0 Å². The summed E-state index contributed by atoms with van der Waals surface area (Å²) in [5.74, 6) is 0. The average Bonchev–Trinajstić information content (AvgIpc) is 2.48. The van der Waals surface area contributed by atoms with Gasteiger partial charge in [0.1, 0.15) is 0 Å². The van der Waals surface area contributed by atoms with Crippen LogP contribution in [0.3, 0.4) is 0 Å². The van der Waals surface area contributed by atoms with Gasteiger partial charge in [-0.3, -0.25) is 4.90 Å². The third-order valence-corrected chi connectivity index (χ3v) is 3.77. The first-order valence-electron chi connectivity index (χ1n) is 6.95. The number of anilines is 1. The molecule has 1 saturated heterocycles. The van der Waals surface area contributed by atoms with E-state index in [1.54, 1.807) is 18.2 Å². The van der Waals surface area contributed by atoms with Crippen LogP contribution in [-0.4, -0.2) is 50.3 Å². The Kier molecular flexibility index (Phi) is 6.57. The summed E-state index contributed by atoms with van der Waals surface area (Å²) >= 11 is 11.8. The molecule has 0 aliphatic carbocycles. The third-order valence-electron chi connectivity index (χ3n) is 3.22. The van der Waals surface area contributed by atoms with E-state index in [9.17, 15) is 4.79 Å². The molecule has 116 valence electrons. The number of rotatable bonds is 5. The molecule has 2 N–H and O–H groups in total. The van der Waals surface area contributed by atoms with E-state index < -0.39 is 0 Å². The van der Waals surface area contributed by atoms with Crippen molar-refractivity contribution in [2.45, 2.75) is 6.42 Å². The number of urea groups is 1. The van der Waals surface area contributed by atoms with Crippen LogP contribution in [0.15, 0.2) is 18.2 Å². The van der Waals surface area contributed by atoms with E-state index in [-0.39, 0.29) is 6.03 Å². The van der Waals surface area contributed by atoms with Crippen molar-refractivity contribution in [1.29, 1.82) is 0 Å². The number of nitrogens with one attached hydrogen (secondary N) is 2. The lowest BCUT2D eigenvalue weighted by molar-refractivity contribution is 0.0375. The molecule has 1 heterocycles. The predicted molar refractivity (Wildman–Crippen MR) is 85.4 cm³/mol. The van der Waals surface area contributed by atoms with E-state index in [1.807, 2.05) is 0 Å². The van der Waals surface area contributed by atoms with Crippen LogP contribution in [0.5, 0.6) is 0 Å². The molecule has 1 fully saturated rings. The minimum atomic E-state index is -0.263. The molecule has 0 unspecified atom stereocenters. The second-order valence-corrected chi connectivity index (χ2v) is 5.66. The van der Waals surface area contributed by atoms with E-state index in [1.165, 1.54) is 0 Å². The molecule has 2 rings (SSSR count).